The molecule has 0 fully saturated rings. The lowest BCUT2D eigenvalue weighted by molar-refractivity contribution is 0.0516. The van der Waals surface area contributed by atoms with Crippen molar-refractivity contribution >= 4 is 17.0 Å². The maximum absolute atomic E-state index is 12.3. The van der Waals surface area contributed by atoms with Gasteiger partial charge in [-0.15, -0.1) is 0 Å². The number of nitrogens with zero attached hydrogens (tertiary/aromatic N) is 4. The standard InChI is InChI=1S/C17H16N4O5/c1-4-25-16(22)14-15(19-11-8-6-5-7-10(11)18-14)26-17-20-12(23-2)9-13(21-17)24-3/h5-9H,4H2,1-3H3. The molecule has 0 aliphatic carbocycles. The molecule has 0 radical (unpaired) electrons. The van der Waals surface area contributed by atoms with Crippen LogP contribution in [0.3, 0.4) is 0 Å². The minimum Gasteiger partial charge on any atom is -0.481 e. The fraction of sp³-hybridized carbons (Fsp3) is 0.235. The van der Waals surface area contributed by atoms with Gasteiger partial charge in [0, 0.05) is 0 Å². The third kappa shape index (κ3) is 3.61. The molecule has 0 aliphatic rings. The summed E-state index contributed by atoms with van der Waals surface area (Å²) in [6, 6.07) is 8.47. The lowest BCUT2D eigenvalue weighted by Crippen LogP contribution is -2.11. The smallest absolute Gasteiger partial charge is 0.362 e. The number of carbonyl (C=O) groups excluding carboxylic acids is 1. The molecular weight excluding hydrogens is 340 g/mol. The number of ether oxygens (including phenoxy) is 4. The van der Waals surface area contributed by atoms with E-state index in [1.165, 1.54) is 20.3 Å². The Labute approximate surface area is 148 Å². The Balaban J connectivity index is 2.08. The van der Waals surface area contributed by atoms with E-state index in [1.807, 2.05) is 0 Å². The van der Waals surface area contributed by atoms with E-state index in [-0.39, 0.29) is 36.0 Å². The highest BCUT2D eigenvalue weighted by Crippen LogP contribution is 2.26. The summed E-state index contributed by atoms with van der Waals surface area (Å²) in [6.07, 6.45) is 0. The third-order valence-electron chi connectivity index (χ3n) is 3.27. The third-order valence-corrected chi connectivity index (χ3v) is 3.27. The molecule has 2 aromatic heterocycles. The summed E-state index contributed by atoms with van der Waals surface area (Å²) in [5, 5.41) is 0. The van der Waals surface area contributed by atoms with Crippen LogP contribution >= 0.6 is 0 Å². The van der Waals surface area contributed by atoms with Crippen LogP contribution in [0.5, 0.6) is 23.7 Å². The van der Waals surface area contributed by atoms with Crippen molar-refractivity contribution in [2.75, 3.05) is 20.8 Å². The van der Waals surface area contributed by atoms with E-state index in [4.69, 9.17) is 18.9 Å². The molecule has 1 aromatic carbocycles. The summed E-state index contributed by atoms with van der Waals surface area (Å²) in [5.74, 6) is -0.260. The van der Waals surface area contributed by atoms with Crippen LogP contribution in [0.15, 0.2) is 30.3 Å². The predicted molar refractivity (Wildman–Crippen MR) is 90.7 cm³/mol. The van der Waals surface area contributed by atoms with Gasteiger partial charge in [0.15, 0.2) is 0 Å². The highest BCUT2D eigenvalue weighted by atomic mass is 16.5. The van der Waals surface area contributed by atoms with Gasteiger partial charge >= 0.3 is 12.0 Å². The van der Waals surface area contributed by atoms with Crippen LogP contribution in [0.2, 0.25) is 0 Å². The van der Waals surface area contributed by atoms with Gasteiger partial charge in [-0.2, -0.15) is 9.97 Å². The highest BCUT2D eigenvalue weighted by molar-refractivity contribution is 5.92. The van der Waals surface area contributed by atoms with Crippen LogP contribution in [0.25, 0.3) is 11.0 Å². The molecule has 0 saturated carbocycles. The number of rotatable bonds is 6. The molecule has 0 N–H and O–H groups in total. The molecule has 0 atom stereocenters. The van der Waals surface area contributed by atoms with Crippen molar-refractivity contribution in [2.24, 2.45) is 0 Å². The second-order valence-electron chi connectivity index (χ2n) is 4.92. The quantitative estimate of drug-likeness (QED) is 0.615. The Morgan fingerprint density at radius 3 is 2.15 bits per heavy atom. The van der Waals surface area contributed by atoms with Gasteiger partial charge < -0.3 is 18.9 Å². The number of fused-ring (bicyclic) bond motifs is 1. The summed E-state index contributed by atoms with van der Waals surface area (Å²) in [5.41, 5.74) is 1.01. The summed E-state index contributed by atoms with van der Waals surface area (Å²) >= 11 is 0. The Morgan fingerprint density at radius 2 is 1.58 bits per heavy atom. The lowest BCUT2D eigenvalue weighted by atomic mass is 10.3. The summed E-state index contributed by atoms with van der Waals surface area (Å²) < 4.78 is 20.8. The number of esters is 1. The molecule has 134 valence electrons. The maximum Gasteiger partial charge on any atom is 0.362 e. The number of benzene rings is 1. The van der Waals surface area contributed by atoms with Crippen molar-refractivity contribution in [3.8, 4) is 23.7 Å². The second-order valence-corrected chi connectivity index (χ2v) is 4.92. The first-order chi connectivity index (χ1) is 12.6. The van der Waals surface area contributed by atoms with Crippen molar-refractivity contribution in [3.05, 3.63) is 36.0 Å². The molecule has 0 aliphatic heterocycles. The van der Waals surface area contributed by atoms with Crippen LogP contribution in [0.4, 0.5) is 0 Å². The van der Waals surface area contributed by atoms with Crippen molar-refractivity contribution in [1.29, 1.82) is 0 Å². The molecule has 0 saturated heterocycles. The SMILES string of the molecule is CCOC(=O)c1nc2ccccc2nc1Oc1nc(OC)cc(OC)n1. The summed E-state index contributed by atoms with van der Waals surface area (Å²) in [6.45, 7) is 1.89. The van der Waals surface area contributed by atoms with Gasteiger partial charge in [-0.3, -0.25) is 0 Å². The number of carbonyl (C=O) groups is 1. The first kappa shape index (κ1) is 17.3. The van der Waals surface area contributed by atoms with E-state index < -0.39 is 5.97 Å². The normalized spacial score (nSPS) is 10.4. The van der Waals surface area contributed by atoms with Crippen LogP contribution in [0, 0.1) is 0 Å². The van der Waals surface area contributed by atoms with Gasteiger partial charge in [0.2, 0.25) is 17.5 Å². The van der Waals surface area contributed by atoms with Crippen molar-refractivity contribution < 1.29 is 23.7 Å². The second kappa shape index (κ2) is 7.60. The van der Waals surface area contributed by atoms with Crippen LogP contribution in [-0.2, 0) is 4.74 Å². The van der Waals surface area contributed by atoms with E-state index >= 15 is 0 Å². The van der Waals surface area contributed by atoms with Crippen molar-refractivity contribution in [3.63, 3.8) is 0 Å². The largest absolute Gasteiger partial charge is 0.481 e. The van der Waals surface area contributed by atoms with Crippen LogP contribution in [-0.4, -0.2) is 46.7 Å². The first-order valence-electron chi connectivity index (χ1n) is 7.73. The van der Waals surface area contributed by atoms with Gasteiger partial charge in [-0.25, -0.2) is 14.8 Å². The molecule has 0 spiro atoms. The number of para-hydroxylation sites is 2. The van der Waals surface area contributed by atoms with Gasteiger partial charge in [0.05, 0.1) is 37.9 Å². The fourth-order valence-corrected chi connectivity index (χ4v) is 2.11. The van der Waals surface area contributed by atoms with Gasteiger partial charge in [0.1, 0.15) is 0 Å². The zero-order valence-corrected chi connectivity index (χ0v) is 14.4. The number of methoxy groups -OCH3 is 2. The maximum atomic E-state index is 12.3. The zero-order valence-electron chi connectivity index (χ0n) is 14.4. The average Bonchev–Trinajstić information content (AvgIpc) is 2.67. The topological polar surface area (TPSA) is 106 Å². The minimum absolute atomic E-state index is 0.0718. The minimum atomic E-state index is -0.657. The predicted octanol–water partition coefficient (Wildman–Crippen LogP) is 2.41. The van der Waals surface area contributed by atoms with E-state index in [9.17, 15) is 4.79 Å². The fourth-order valence-electron chi connectivity index (χ4n) is 2.11. The molecule has 2 heterocycles. The summed E-state index contributed by atoms with van der Waals surface area (Å²) in [7, 11) is 2.90. The molecule has 0 unspecified atom stereocenters. The van der Waals surface area contributed by atoms with E-state index in [0.717, 1.165) is 0 Å². The molecular formula is C17H16N4O5. The number of aromatic nitrogens is 4. The van der Waals surface area contributed by atoms with Gasteiger partial charge in [0.25, 0.3) is 5.88 Å². The van der Waals surface area contributed by atoms with E-state index in [2.05, 4.69) is 19.9 Å². The van der Waals surface area contributed by atoms with Crippen LogP contribution < -0.4 is 14.2 Å². The van der Waals surface area contributed by atoms with Gasteiger partial charge in [-0.05, 0) is 19.1 Å². The Bertz CT molecular complexity index is 925. The van der Waals surface area contributed by atoms with Gasteiger partial charge in [-0.1, -0.05) is 12.1 Å². The number of hydrogen-bond acceptors (Lipinski definition) is 9. The summed E-state index contributed by atoms with van der Waals surface area (Å²) in [4.78, 5) is 29.0. The lowest BCUT2D eigenvalue weighted by Gasteiger charge is -2.10. The van der Waals surface area contributed by atoms with Crippen molar-refractivity contribution in [1.82, 2.24) is 19.9 Å². The van der Waals surface area contributed by atoms with E-state index in [1.54, 1.807) is 31.2 Å². The molecule has 9 heteroatoms. The molecule has 3 aromatic rings. The number of hydrogen-bond donors (Lipinski definition) is 0. The Hall–Kier alpha value is -3.49. The first-order valence-corrected chi connectivity index (χ1v) is 7.73. The monoisotopic (exact) mass is 356 g/mol. The molecule has 9 nitrogen and oxygen atoms in total. The van der Waals surface area contributed by atoms with Crippen molar-refractivity contribution in [2.45, 2.75) is 6.92 Å². The zero-order chi connectivity index (χ0) is 18.5. The van der Waals surface area contributed by atoms with Crippen LogP contribution in [0.1, 0.15) is 17.4 Å². The molecule has 0 amide bonds. The highest BCUT2D eigenvalue weighted by Gasteiger charge is 2.21. The molecule has 26 heavy (non-hydrogen) atoms. The molecule has 3 rings (SSSR count). The Morgan fingerprint density at radius 1 is 0.962 bits per heavy atom. The molecule has 0 bridgehead atoms. The average molecular weight is 356 g/mol. The van der Waals surface area contributed by atoms with E-state index in [0.29, 0.717) is 11.0 Å². The Kier molecular flexibility index (Phi) is 5.07.